The third-order valence-electron chi connectivity index (χ3n) is 4.35. The van der Waals surface area contributed by atoms with Crippen molar-refractivity contribution in [3.63, 3.8) is 0 Å². The normalized spacial score (nSPS) is 15.2. The van der Waals surface area contributed by atoms with Crippen molar-refractivity contribution in [1.29, 1.82) is 0 Å². The maximum absolute atomic E-state index is 6.12. The average molecular weight is 381 g/mol. The van der Waals surface area contributed by atoms with E-state index in [1.807, 2.05) is 12.1 Å². The summed E-state index contributed by atoms with van der Waals surface area (Å²) in [6.07, 6.45) is 0. The fraction of sp³-hybridized carbons (Fsp3) is 0.368. The van der Waals surface area contributed by atoms with E-state index in [4.69, 9.17) is 32.7 Å². The lowest BCUT2D eigenvalue weighted by atomic mass is 10.2. The van der Waals surface area contributed by atoms with E-state index >= 15 is 0 Å². The number of hydrogen-bond acceptors (Lipinski definition) is 4. The van der Waals surface area contributed by atoms with Gasteiger partial charge in [-0.05, 0) is 24.3 Å². The van der Waals surface area contributed by atoms with Crippen LogP contribution < -0.4 is 14.4 Å². The van der Waals surface area contributed by atoms with Gasteiger partial charge >= 0.3 is 0 Å². The second-order valence-electron chi connectivity index (χ2n) is 5.95. The van der Waals surface area contributed by atoms with Crippen LogP contribution in [0.4, 0.5) is 5.69 Å². The summed E-state index contributed by atoms with van der Waals surface area (Å²) in [4.78, 5) is 4.78. The van der Waals surface area contributed by atoms with E-state index in [2.05, 4.69) is 21.9 Å². The molecule has 0 saturated carbocycles. The minimum atomic E-state index is 0.590. The topological polar surface area (TPSA) is 24.9 Å². The Hall–Kier alpha value is -1.62. The van der Waals surface area contributed by atoms with E-state index < -0.39 is 0 Å². The summed E-state index contributed by atoms with van der Waals surface area (Å²) in [6, 6.07) is 13.5. The first-order valence-corrected chi connectivity index (χ1v) is 9.10. The summed E-state index contributed by atoms with van der Waals surface area (Å²) in [5.41, 5.74) is 1.21. The molecule has 2 aromatic rings. The van der Waals surface area contributed by atoms with Crippen molar-refractivity contribution in [3.05, 3.63) is 52.5 Å². The zero-order chi connectivity index (χ0) is 17.6. The molecular weight excluding hydrogens is 359 g/mol. The Bertz CT molecular complexity index is 704. The molecule has 1 aliphatic heterocycles. The van der Waals surface area contributed by atoms with Gasteiger partial charge in [-0.1, -0.05) is 29.3 Å². The summed E-state index contributed by atoms with van der Waals surface area (Å²) in [6.45, 7) is 5.46. The summed E-state index contributed by atoms with van der Waals surface area (Å²) in [7, 11) is 1.70. The van der Waals surface area contributed by atoms with Gasteiger partial charge in [-0.3, -0.25) is 4.90 Å². The van der Waals surface area contributed by atoms with Crippen molar-refractivity contribution in [1.82, 2.24) is 4.90 Å². The molecule has 0 N–H and O–H groups in total. The molecule has 3 rings (SSSR count). The summed E-state index contributed by atoms with van der Waals surface area (Å²) < 4.78 is 11.1. The first-order valence-electron chi connectivity index (χ1n) is 8.35. The van der Waals surface area contributed by atoms with Gasteiger partial charge in [-0.25, -0.2) is 0 Å². The van der Waals surface area contributed by atoms with Gasteiger partial charge in [0.1, 0.15) is 18.1 Å². The standard InChI is InChI=1S/C19H22Cl2N2O2/c1-24-17-4-2-3-16(14-17)23-9-7-22(8-10-23)11-12-25-19-13-15(20)5-6-18(19)21/h2-6,13-14H,7-12H2,1H3. The molecule has 0 atom stereocenters. The second kappa shape index (κ2) is 8.65. The highest BCUT2D eigenvalue weighted by Crippen LogP contribution is 2.27. The first kappa shape index (κ1) is 18.2. The van der Waals surface area contributed by atoms with E-state index in [1.54, 1.807) is 25.3 Å². The van der Waals surface area contributed by atoms with Crippen LogP contribution in [0.5, 0.6) is 11.5 Å². The van der Waals surface area contributed by atoms with E-state index in [-0.39, 0.29) is 0 Å². The maximum atomic E-state index is 6.12. The number of halogens is 2. The largest absolute Gasteiger partial charge is 0.497 e. The number of benzene rings is 2. The number of ether oxygens (including phenoxy) is 2. The molecule has 0 unspecified atom stereocenters. The van der Waals surface area contributed by atoms with Crippen molar-refractivity contribution in [2.45, 2.75) is 0 Å². The Morgan fingerprint density at radius 2 is 1.80 bits per heavy atom. The molecule has 1 fully saturated rings. The van der Waals surface area contributed by atoms with E-state index in [1.165, 1.54) is 5.69 Å². The van der Waals surface area contributed by atoms with E-state index in [0.717, 1.165) is 38.5 Å². The van der Waals surface area contributed by atoms with Gasteiger partial charge in [-0.2, -0.15) is 0 Å². The summed E-state index contributed by atoms with van der Waals surface area (Å²) in [5.74, 6) is 1.54. The number of piperazine rings is 1. The van der Waals surface area contributed by atoms with Gasteiger partial charge in [0, 0.05) is 55.6 Å². The molecule has 1 saturated heterocycles. The Labute approximate surface area is 158 Å². The molecule has 134 valence electrons. The smallest absolute Gasteiger partial charge is 0.139 e. The highest BCUT2D eigenvalue weighted by atomic mass is 35.5. The molecule has 2 aromatic carbocycles. The van der Waals surface area contributed by atoms with Crippen LogP contribution in [-0.4, -0.2) is 51.3 Å². The van der Waals surface area contributed by atoms with Gasteiger partial charge < -0.3 is 14.4 Å². The number of rotatable bonds is 6. The SMILES string of the molecule is COc1cccc(N2CCN(CCOc3cc(Cl)ccc3Cl)CC2)c1. The molecule has 0 aromatic heterocycles. The lowest BCUT2D eigenvalue weighted by Crippen LogP contribution is -2.47. The van der Waals surface area contributed by atoms with Gasteiger partial charge in [0.25, 0.3) is 0 Å². The zero-order valence-electron chi connectivity index (χ0n) is 14.3. The van der Waals surface area contributed by atoms with Gasteiger partial charge in [-0.15, -0.1) is 0 Å². The van der Waals surface area contributed by atoms with Gasteiger partial charge in [0.15, 0.2) is 0 Å². The van der Waals surface area contributed by atoms with Crippen molar-refractivity contribution in [2.24, 2.45) is 0 Å². The molecule has 0 radical (unpaired) electrons. The van der Waals surface area contributed by atoms with Crippen LogP contribution >= 0.6 is 23.2 Å². The number of anilines is 1. The molecule has 4 nitrogen and oxygen atoms in total. The highest BCUT2D eigenvalue weighted by Gasteiger charge is 2.17. The predicted octanol–water partition coefficient (Wildman–Crippen LogP) is 4.20. The minimum absolute atomic E-state index is 0.590. The van der Waals surface area contributed by atoms with Crippen LogP contribution in [0.2, 0.25) is 10.0 Å². The van der Waals surface area contributed by atoms with Gasteiger partial charge in [0.05, 0.1) is 12.1 Å². The van der Waals surface area contributed by atoms with Crippen molar-refractivity contribution >= 4 is 28.9 Å². The molecular formula is C19H22Cl2N2O2. The molecule has 0 aliphatic carbocycles. The van der Waals surface area contributed by atoms with Crippen LogP contribution in [0, 0.1) is 0 Å². The Kier molecular flexibility index (Phi) is 6.29. The van der Waals surface area contributed by atoms with Gasteiger partial charge in [0.2, 0.25) is 0 Å². The number of hydrogen-bond donors (Lipinski definition) is 0. The summed E-state index contributed by atoms with van der Waals surface area (Å²) >= 11 is 12.1. The van der Waals surface area contributed by atoms with Crippen molar-refractivity contribution < 1.29 is 9.47 Å². The Balaban J connectivity index is 1.45. The molecule has 0 amide bonds. The Morgan fingerprint density at radius 3 is 2.56 bits per heavy atom. The third-order valence-corrected chi connectivity index (χ3v) is 4.90. The lowest BCUT2D eigenvalue weighted by molar-refractivity contribution is 0.200. The molecule has 25 heavy (non-hydrogen) atoms. The first-order chi connectivity index (χ1) is 12.2. The monoisotopic (exact) mass is 380 g/mol. The molecule has 0 bridgehead atoms. The summed E-state index contributed by atoms with van der Waals surface area (Å²) in [5, 5.41) is 1.22. The van der Waals surface area contributed by atoms with Crippen LogP contribution in [0.25, 0.3) is 0 Å². The molecule has 1 heterocycles. The number of methoxy groups -OCH3 is 1. The molecule has 1 aliphatic rings. The van der Waals surface area contributed by atoms with Crippen LogP contribution in [-0.2, 0) is 0 Å². The third kappa shape index (κ3) is 4.94. The minimum Gasteiger partial charge on any atom is -0.497 e. The molecule has 6 heteroatoms. The quantitative estimate of drug-likeness (QED) is 0.749. The maximum Gasteiger partial charge on any atom is 0.139 e. The predicted molar refractivity (Wildman–Crippen MR) is 104 cm³/mol. The van der Waals surface area contributed by atoms with Crippen LogP contribution in [0.1, 0.15) is 0 Å². The molecule has 0 spiro atoms. The van der Waals surface area contributed by atoms with Crippen molar-refractivity contribution in [2.75, 3.05) is 51.3 Å². The fourth-order valence-corrected chi connectivity index (χ4v) is 3.24. The fourth-order valence-electron chi connectivity index (χ4n) is 2.91. The Morgan fingerprint density at radius 1 is 1.00 bits per heavy atom. The number of nitrogens with zero attached hydrogens (tertiary/aromatic N) is 2. The highest BCUT2D eigenvalue weighted by molar-refractivity contribution is 6.34. The zero-order valence-corrected chi connectivity index (χ0v) is 15.8. The van der Waals surface area contributed by atoms with Crippen molar-refractivity contribution in [3.8, 4) is 11.5 Å². The van der Waals surface area contributed by atoms with Crippen LogP contribution in [0.15, 0.2) is 42.5 Å². The lowest BCUT2D eigenvalue weighted by Gasteiger charge is -2.36. The van der Waals surface area contributed by atoms with E-state index in [0.29, 0.717) is 22.4 Å². The average Bonchev–Trinajstić information content (AvgIpc) is 2.65. The second-order valence-corrected chi connectivity index (χ2v) is 6.80. The van der Waals surface area contributed by atoms with E-state index in [9.17, 15) is 0 Å². The van der Waals surface area contributed by atoms with Crippen LogP contribution in [0.3, 0.4) is 0 Å².